The summed E-state index contributed by atoms with van der Waals surface area (Å²) in [6.07, 6.45) is 0. The quantitative estimate of drug-likeness (QED) is 0.777. The molecule has 104 valence electrons. The van der Waals surface area contributed by atoms with Crippen molar-refractivity contribution in [2.45, 2.75) is 13.5 Å². The van der Waals surface area contributed by atoms with Crippen LogP contribution in [0.15, 0.2) is 42.5 Å². The first-order valence-corrected chi connectivity index (χ1v) is 6.55. The second kappa shape index (κ2) is 6.44. The second-order valence-electron chi connectivity index (χ2n) is 4.30. The number of halogens is 1. The van der Waals surface area contributed by atoms with Gasteiger partial charge in [0.2, 0.25) is 0 Å². The van der Waals surface area contributed by atoms with E-state index < -0.39 is 0 Å². The Morgan fingerprint density at radius 1 is 1.20 bits per heavy atom. The molecule has 0 saturated carbocycles. The molecule has 0 radical (unpaired) electrons. The lowest BCUT2D eigenvalue weighted by Crippen LogP contribution is -2.00. The zero-order chi connectivity index (χ0) is 14.5. The number of Topliss-reactive ketones (excluding diaryl/α,β-unsaturated/α-hetero) is 1. The molecule has 0 saturated heterocycles. The summed E-state index contributed by atoms with van der Waals surface area (Å²) >= 11 is 6.07. The highest BCUT2D eigenvalue weighted by Crippen LogP contribution is 2.26. The van der Waals surface area contributed by atoms with E-state index in [1.807, 2.05) is 24.3 Å². The number of hydrogen-bond acceptors (Lipinski definition) is 3. The maximum Gasteiger partial charge on any atom is 0.163 e. The van der Waals surface area contributed by atoms with Crippen LogP contribution in [-0.2, 0) is 6.61 Å². The molecule has 2 aromatic rings. The van der Waals surface area contributed by atoms with E-state index in [1.54, 1.807) is 18.2 Å². The van der Waals surface area contributed by atoms with E-state index in [0.717, 1.165) is 5.56 Å². The monoisotopic (exact) mass is 290 g/mol. The third kappa shape index (κ3) is 3.31. The molecule has 2 aromatic carbocycles. The summed E-state index contributed by atoms with van der Waals surface area (Å²) in [6, 6.07) is 12.6. The van der Waals surface area contributed by atoms with Crippen LogP contribution in [0.3, 0.4) is 0 Å². The van der Waals surface area contributed by atoms with Crippen molar-refractivity contribution in [2.75, 3.05) is 7.11 Å². The SMILES string of the molecule is COc1cc(OCc2ccccc2Cl)ccc1C(C)=O. The lowest BCUT2D eigenvalue weighted by atomic mass is 10.1. The predicted molar refractivity (Wildman–Crippen MR) is 78.8 cm³/mol. The van der Waals surface area contributed by atoms with Gasteiger partial charge in [0.25, 0.3) is 0 Å². The van der Waals surface area contributed by atoms with E-state index in [9.17, 15) is 4.79 Å². The van der Waals surface area contributed by atoms with Crippen LogP contribution in [0.4, 0.5) is 0 Å². The zero-order valence-electron chi connectivity index (χ0n) is 11.4. The number of rotatable bonds is 5. The molecule has 0 spiro atoms. The van der Waals surface area contributed by atoms with Gasteiger partial charge in [-0.25, -0.2) is 0 Å². The van der Waals surface area contributed by atoms with Gasteiger partial charge in [0.15, 0.2) is 5.78 Å². The van der Waals surface area contributed by atoms with E-state index in [1.165, 1.54) is 14.0 Å². The van der Waals surface area contributed by atoms with E-state index in [4.69, 9.17) is 21.1 Å². The van der Waals surface area contributed by atoms with Crippen LogP contribution in [0, 0.1) is 0 Å². The minimum absolute atomic E-state index is 0.0421. The lowest BCUT2D eigenvalue weighted by molar-refractivity contribution is 0.101. The van der Waals surface area contributed by atoms with Crippen LogP contribution < -0.4 is 9.47 Å². The maximum absolute atomic E-state index is 11.4. The van der Waals surface area contributed by atoms with Gasteiger partial charge >= 0.3 is 0 Å². The van der Waals surface area contributed by atoms with Crippen molar-refractivity contribution < 1.29 is 14.3 Å². The molecule has 0 aliphatic carbocycles. The summed E-state index contributed by atoms with van der Waals surface area (Å²) in [4.78, 5) is 11.4. The summed E-state index contributed by atoms with van der Waals surface area (Å²) in [5.74, 6) is 1.10. The highest BCUT2D eigenvalue weighted by atomic mass is 35.5. The molecule has 0 unspecified atom stereocenters. The second-order valence-corrected chi connectivity index (χ2v) is 4.71. The van der Waals surface area contributed by atoms with Crippen molar-refractivity contribution in [2.24, 2.45) is 0 Å². The molecule has 3 nitrogen and oxygen atoms in total. The zero-order valence-corrected chi connectivity index (χ0v) is 12.1. The van der Waals surface area contributed by atoms with Gasteiger partial charge in [0, 0.05) is 16.7 Å². The first kappa shape index (κ1) is 14.4. The van der Waals surface area contributed by atoms with Crippen molar-refractivity contribution in [3.63, 3.8) is 0 Å². The van der Waals surface area contributed by atoms with E-state index >= 15 is 0 Å². The first-order valence-electron chi connectivity index (χ1n) is 6.17. The largest absolute Gasteiger partial charge is 0.496 e. The van der Waals surface area contributed by atoms with Crippen molar-refractivity contribution in [1.29, 1.82) is 0 Å². The number of ether oxygens (including phenoxy) is 2. The molecule has 20 heavy (non-hydrogen) atoms. The van der Waals surface area contributed by atoms with E-state index in [2.05, 4.69) is 0 Å². The third-order valence-electron chi connectivity index (χ3n) is 2.90. The highest BCUT2D eigenvalue weighted by Gasteiger charge is 2.09. The van der Waals surface area contributed by atoms with Gasteiger partial charge in [-0.15, -0.1) is 0 Å². The number of methoxy groups -OCH3 is 1. The van der Waals surface area contributed by atoms with Crippen LogP contribution in [0.25, 0.3) is 0 Å². The third-order valence-corrected chi connectivity index (χ3v) is 3.27. The van der Waals surface area contributed by atoms with E-state index in [0.29, 0.717) is 28.7 Å². The van der Waals surface area contributed by atoms with Gasteiger partial charge in [-0.1, -0.05) is 29.8 Å². The van der Waals surface area contributed by atoms with Crippen LogP contribution in [0.5, 0.6) is 11.5 Å². The number of carbonyl (C=O) groups is 1. The molecular formula is C16H15ClO3. The summed E-state index contributed by atoms with van der Waals surface area (Å²) in [5.41, 5.74) is 1.45. The number of ketones is 1. The molecule has 0 bridgehead atoms. The molecule has 4 heteroatoms. The van der Waals surface area contributed by atoms with Crippen LogP contribution in [0.2, 0.25) is 5.02 Å². The minimum Gasteiger partial charge on any atom is -0.496 e. The fraction of sp³-hybridized carbons (Fsp3) is 0.188. The molecule has 0 amide bonds. The Bertz CT molecular complexity index is 623. The molecular weight excluding hydrogens is 276 g/mol. The molecule has 0 N–H and O–H groups in total. The number of hydrogen-bond donors (Lipinski definition) is 0. The predicted octanol–water partition coefficient (Wildman–Crippen LogP) is 4.13. The first-order chi connectivity index (χ1) is 9.61. The highest BCUT2D eigenvalue weighted by molar-refractivity contribution is 6.31. The molecule has 0 fully saturated rings. The average molecular weight is 291 g/mol. The van der Waals surface area contributed by atoms with Gasteiger partial charge in [-0.2, -0.15) is 0 Å². The summed E-state index contributed by atoms with van der Waals surface area (Å²) in [5, 5.41) is 0.667. The van der Waals surface area contributed by atoms with Crippen molar-refractivity contribution >= 4 is 17.4 Å². The Balaban J connectivity index is 2.15. The number of benzene rings is 2. The topological polar surface area (TPSA) is 35.5 Å². The Kier molecular flexibility index (Phi) is 4.64. The average Bonchev–Trinajstić information content (AvgIpc) is 2.46. The summed E-state index contributed by atoms with van der Waals surface area (Å²) < 4.78 is 10.9. The lowest BCUT2D eigenvalue weighted by Gasteiger charge is -2.11. The van der Waals surface area contributed by atoms with Crippen LogP contribution in [-0.4, -0.2) is 12.9 Å². The molecule has 0 aliphatic heterocycles. The molecule has 0 heterocycles. The molecule has 2 rings (SSSR count). The van der Waals surface area contributed by atoms with Crippen LogP contribution >= 0.6 is 11.6 Å². The maximum atomic E-state index is 11.4. The fourth-order valence-electron chi connectivity index (χ4n) is 1.83. The summed E-state index contributed by atoms with van der Waals surface area (Å²) in [7, 11) is 1.53. The summed E-state index contributed by atoms with van der Waals surface area (Å²) in [6.45, 7) is 1.87. The smallest absolute Gasteiger partial charge is 0.163 e. The van der Waals surface area contributed by atoms with Crippen molar-refractivity contribution in [1.82, 2.24) is 0 Å². The van der Waals surface area contributed by atoms with Gasteiger partial charge < -0.3 is 9.47 Å². The molecule has 0 aliphatic rings. The Morgan fingerprint density at radius 3 is 2.60 bits per heavy atom. The van der Waals surface area contributed by atoms with Crippen LogP contribution in [0.1, 0.15) is 22.8 Å². The van der Waals surface area contributed by atoms with Crippen molar-refractivity contribution in [3.8, 4) is 11.5 Å². The molecule has 0 aromatic heterocycles. The van der Waals surface area contributed by atoms with Gasteiger partial charge in [-0.05, 0) is 25.1 Å². The minimum atomic E-state index is -0.0421. The Labute approximate surface area is 123 Å². The Morgan fingerprint density at radius 2 is 1.95 bits per heavy atom. The van der Waals surface area contributed by atoms with Gasteiger partial charge in [-0.3, -0.25) is 4.79 Å². The van der Waals surface area contributed by atoms with E-state index in [-0.39, 0.29) is 5.78 Å². The number of carbonyl (C=O) groups excluding carboxylic acids is 1. The van der Waals surface area contributed by atoms with Gasteiger partial charge in [0.1, 0.15) is 18.1 Å². The molecule has 0 atom stereocenters. The van der Waals surface area contributed by atoms with Crippen molar-refractivity contribution in [3.05, 3.63) is 58.6 Å². The Hall–Kier alpha value is -2.00. The fourth-order valence-corrected chi connectivity index (χ4v) is 2.02. The standard InChI is InChI=1S/C16H15ClO3/c1-11(18)14-8-7-13(9-16(14)19-2)20-10-12-5-3-4-6-15(12)17/h3-9H,10H2,1-2H3. The van der Waals surface area contributed by atoms with Gasteiger partial charge in [0.05, 0.1) is 12.7 Å². The normalized spacial score (nSPS) is 10.2.